The van der Waals surface area contributed by atoms with E-state index in [9.17, 15) is 13.6 Å². The van der Waals surface area contributed by atoms with E-state index in [0.717, 1.165) is 86.6 Å². The monoisotopic (exact) mass is 517 g/mol. The summed E-state index contributed by atoms with van der Waals surface area (Å²) in [6.45, 7) is 2.94. The van der Waals surface area contributed by atoms with Gasteiger partial charge in [0.05, 0.1) is 11.2 Å². The zero-order valence-corrected chi connectivity index (χ0v) is 21.6. The molecule has 36 heavy (non-hydrogen) atoms. The summed E-state index contributed by atoms with van der Waals surface area (Å²) in [6.07, 6.45) is 8.19. The molecule has 1 amide bonds. The van der Waals surface area contributed by atoms with Crippen molar-refractivity contribution in [2.75, 3.05) is 19.7 Å². The molecule has 1 saturated carbocycles. The summed E-state index contributed by atoms with van der Waals surface area (Å²) < 4.78 is 33.1. The van der Waals surface area contributed by atoms with Crippen molar-refractivity contribution in [1.29, 1.82) is 0 Å². The fraction of sp³-hybridized carbons (Fsp3) is 0.577. The first-order valence-electron chi connectivity index (χ1n) is 12.7. The summed E-state index contributed by atoms with van der Waals surface area (Å²) in [5, 5.41) is 9.00. The van der Waals surface area contributed by atoms with Gasteiger partial charge in [-0.15, -0.1) is 0 Å². The Morgan fingerprint density at radius 1 is 1.28 bits per heavy atom. The summed E-state index contributed by atoms with van der Waals surface area (Å²) in [6, 6.07) is 5.89. The molecule has 0 radical (unpaired) electrons. The van der Waals surface area contributed by atoms with Gasteiger partial charge in [0.25, 0.3) is 17.0 Å². The summed E-state index contributed by atoms with van der Waals surface area (Å²) in [4.78, 5) is 20.8. The lowest BCUT2D eigenvalue weighted by molar-refractivity contribution is -0.0230. The maximum Gasteiger partial charge on any atom is 0.278 e. The first kappa shape index (κ1) is 25.1. The summed E-state index contributed by atoms with van der Waals surface area (Å²) >= 11 is 1.40. The number of benzene rings is 1. The Bertz CT molecular complexity index is 1210. The molecule has 1 N–H and O–H groups in total. The highest BCUT2D eigenvalue weighted by molar-refractivity contribution is 7.13. The third-order valence-corrected chi connectivity index (χ3v) is 8.23. The standard InChI is InChI=1S/C26H33F2N5O2S/c1-26(27,28)16-35-25-30-22-15-33(12-10-23(22)36-25)11-9-17-3-7-20(8-4-17)29-24(34)18-5-6-19-14-32(2)31-21(19)13-18/h5-6,13-14,17,20H,3-4,7-12,15-16H2,1-2H3,(H,29,34). The van der Waals surface area contributed by atoms with Crippen LogP contribution in [0.1, 0.15) is 60.0 Å². The lowest BCUT2D eigenvalue weighted by Crippen LogP contribution is -2.38. The Morgan fingerprint density at radius 2 is 2.08 bits per heavy atom. The minimum atomic E-state index is -2.85. The molecular weight excluding hydrogens is 484 g/mol. The highest BCUT2D eigenvalue weighted by atomic mass is 32.1. The molecule has 0 spiro atoms. The third-order valence-electron chi connectivity index (χ3n) is 7.16. The molecule has 3 heterocycles. The zero-order valence-electron chi connectivity index (χ0n) is 20.8. The van der Waals surface area contributed by atoms with Crippen molar-refractivity contribution in [3.05, 3.63) is 40.5 Å². The highest BCUT2D eigenvalue weighted by Crippen LogP contribution is 2.32. The molecule has 5 rings (SSSR count). The second-order valence-electron chi connectivity index (χ2n) is 10.3. The van der Waals surface area contributed by atoms with Gasteiger partial charge in [-0.05, 0) is 63.1 Å². The minimum Gasteiger partial charge on any atom is -0.464 e. The fourth-order valence-corrected chi connectivity index (χ4v) is 6.09. The highest BCUT2D eigenvalue weighted by Gasteiger charge is 2.27. The average molecular weight is 518 g/mol. The van der Waals surface area contributed by atoms with Gasteiger partial charge in [0.2, 0.25) is 0 Å². The molecule has 0 saturated heterocycles. The number of fused-ring (bicyclic) bond motifs is 2. The predicted molar refractivity (Wildman–Crippen MR) is 136 cm³/mol. The number of ether oxygens (including phenoxy) is 1. The number of amides is 1. The Balaban J connectivity index is 1.04. The Hall–Kier alpha value is -2.59. The molecule has 1 fully saturated rings. The predicted octanol–water partition coefficient (Wildman–Crippen LogP) is 4.80. The molecule has 194 valence electrons. The van der Waals surface area contributed by atoms with Crippen LogP contribution in [0, 0.1) is 5.92 Å². The van der Waals surface area contributed by atoms with E-state index in [1.807, 2.05) is 31.4 Å². The first-order valence-corrected chi connectivity index (χ1v) is 13.5. The van der Waals surface area contributed by atoms with Gasteiger partial charge in [-0.3, -0.25) is 14.4 Å². The molecule has 0 atom stereocenters. The number of rotatable bonds is 8. The number of aryl methyl sites for hydroxylation is 1. The molecule has 1 aliphatic carbocycles. The van der Waals surface area contributed by atoms with Gasteiger partial charge in [-0.1, -0.05) is 17.4 Å². The molecule has 1 aliphatic heterocycles. The molecule has 7 nitrogen and oxygen atoms in total. The quantitative estimate of drug-likeness (QED) is 0.465. The number of hydrogen-bond donors (Lipinski definition) is 1. The maximum absolute atomic E-state index is 13.1. The first-order chi connectivity index (χ1) is 17.2. The van der Waals surface area contributed by atoms with Crippen LogP contribution in [0.15, 0.2) is 24.4 Å². The summed E-state index contributed by atoms with van der Waals surface area (Å²) in [5.41, 5.74) is 2.46. The zero-order chi connectivity index (χ0) is 25.3. The van der Waals surface area contributed by atoms with E-state index < -0.39 is 12.5 Å². The third kappa shape index (κ3) is 6.21. The topological polar surface area (TPSA) is 72.3 Å². The molecule has 3 aromatic rings. The lowest BCUT2D eigenvalue weighted by atomic mass is 9.84. The molecule has 10 heteroatoms. The number of hydrogen-bond acceptors (Lipinski definition) is 6. The Morgan fingerprint density at radius 3 is 2.86 bits per heavy atom. The van der Waals surface area contributed by atoms with Crippen molar-refractivity contribution in [3.8, 4) is 5.19 Å². The van der Waals surface area contributed by atoms with Crippen LogP contribution in [-0.2, 0) is 20.0 Å². The van der Waals surface area contributed by atoms with E-state index in [4.69, 9.17) is 4.74 Å². The Kier molecular flexibility index (Phi) is 7.25. The smallest absolute Gasteiger partial charge is 0.278 e. The van der Waals surface area contributed by atoms with Crippen LogP contribution in [0.2, 0.25) is 0 Å². The SMILES string of the molecule is Cn1cc2ccc(C(=O)NC3CCC(CCN4CCc5sc(OCC(C)(F)F)nc5C4)CC3)cc2n1. The van der Waals surface area contributed by atoms with Gasteiger partial charge in [0.1, 0.15) is 0 Å². The fourth-order valence-electron chi connectivity index (χ4n) is 5.18. The van der Waals surface area contributed by atoms with Crippen molar-refractivity contribution < 1.29 is 18.3 Å². The van der Waals surface area contributed by atoms with E-state index >= 15 is 0 Å². The second-order valence-corrected chi connectivity index (χ2v) is 11.3. The van der Waals surface area contributed by atoms with Crippen molar-refractivity contribution in [2.45, 2.75) is 64.0 Å². The number of nitrogens with zero attached hydrogens (tertiary/aromatic N) is 4. The van der Waals surface area contributed by atoms with E-state index in [1.165, 1.54) is 11.3 Å². The molecule has 0 bridgehead atoms. The van der Waals surface area contributed by atoms with Crippen LogP contribution in [0.3, 0.4) is 0 Å². The van der Waals surface area contributed by atoms with Crippen molar-refractivity contribution in [2.24, 2.45) is 13.0 Å². The van der Waals surface area contributed by atoms with E-state index in [-0.39, 0.29) is 11.9 Å². The molecule has 1 aromatic carbocycles. The lowest BCUT2D eigenvalue weighted by Gasteiger charge is -2.32. The van der Waals surface area contributed by atoms with Crippen LogP contribution in [0.5, 0.6) is 5.19 Å². The second kappa shape index (κ2) is 10.4. The summed E-state index contributed by atoms with van der Waals surface area (Å²) in [7, 11) is 1.88. The van der Waals surface area contributed by atoms with Gasteiger partial charge >= 0.3 is 0 Å². The minimum absolute atomic E-state index is 0.0237. The Labute approximate surface area is 213 Å². The summed E-state index contributed by atoms with van der Waals surface area (Å²) in [5.74, 6) is -2.22. The van der Waals surface area contributed by atoms with Gasteiger partial charge in [-0.25, -0.2) is 13.8 Å². The number of halogens is 2. The van der Waals surface area contributed by atoms with E-state index in [0.29, 0.717) is 16.7 Å². The van der Waals surface area contributed by atoms with Crippen LogP contribution in [0.25, 0.3) is 10.9 Å². The van der Waals surface area contributed by atoms with Crippen LogP contribution in [-0.4, -0.2) is 57.2 Å². The maximum atomic E-state index is 13.1. The van der Waals surface area contributed by atoms with Crippen LogP contribution in [0.4, 0.5) is 8.78 Å². The number of carbonyl (C=O) groups is 1. The van der Waals surface area contributed by atoms with Crippen molar-refractivity contribution >= 4 is 28.1 Å². The van der Waals surface area contributed by atoms with Gasteiger partial charge < -0.3 is 10.1 Å². The normalized spacial score (nSPS) is 20.9. The molecule has 2 aliphatic rings. The number of carbonyl (C=O) groups excluding carboxylic acids is 1. The van der Waals surface area contributed by atoms with Crippen molar-refractivity contribution in [1.82, 2.24) is 25.0 Å². The molecular formula is C26H33F2N5O2S. The van der Waals surface area contributed by atoms with Crippen LogP contribution < -0.4 is 10.1 Å². The number of thiazole rings is 1. The van der Waals surface area contributed by atoms with Gasteiger partial charge in [0.15, 0.2) is 6.61 Å². The molecule has 0 unspecified atom stereocenters. The van der Waals surface area contributed by atoms with Gasteiger partial charge in [-0.2, -0.15) is 5.10 Å². The molecule has 2 aromatic heterocycles. The van der Waals surface area contributed by atoms with Crippen LogP contribution >= 0.6 is 11.3 Å². The van der Waals surface area contributed by atoms with Crippen molar-refractivity contribution in [3.63, 3.8) is 0 Å². The van der Waals surface area contributed by atoms with E-state index in [1.54, 1.807) is 4.68 Å². The average Bonchev–Trinajstić information content (AvgIpc) is 3.42. The number of aromatic nitrogens is 3. The van der Waals surface area contributed by atoms with E-state index in [2.05, 4.69) is 20.3 Å². The number of alkyl halides is 2. The largest absolute Gasteiger partial charge is 0.464 e. The number of nitrogens with one attached hydrogen (secondary N) is 1. The van der Waals surface area contributed by atoms with Gasteiger partial charge in [0, 0.05) is 55.1 Å².